The van der Waals surface area contributed by atoms with Crippen LogP contribution in [0.25, 0.3) is 0 Å². The van der Waals surface area contributed by atoms with Gasteiger partial charge in [-0.05, 0) is 36.8 Å². The van der Waals surface area contributed by atoms with Crippen molar-refractivity contribution in [1.82, 2.24) is 0 Å². The van der Waals surface area contributed by atoms with Gasteiger partial charge < -0.3 is 0 Å². The highest BCUT2D eigenvalue weighted by molar-refractivity contribution is 8.02. The standard InChI is InChI=1S/C10H17NS/c1-8(2)10(11-4)7-6-9(3)12-5/h6-8H,4H2,1-3,5H3/b9-6+,10-7-. The van der Waals surface area contributed by atoms with Crippen molar-refractivity contribution in [1.29, 1.82) is 0 Å². The van der Waals surface area contributed by atoms with Crippen molar-refractivity contribution in [3.05, 3.63) is 22.8 Å². The smallest absolute Gasteiger partial charge is 0.0422 e. The maximum Gasteiger partial charge on any atom is 0.0422 e. The Kier molecular flexibility index (Phi) is 5.81. The van der Waals surface area contributed by atoms with Crippen molar-refractivity contribution in [3.8, 4) is 0 Å². The molecule has 0 aliphatic carbocycles. The van der Waals surface area contributed by atoms with Gasteiger partial charge in [0.1, 0.15) is 0 Å². The summed E-state index contributed by atoms with van der Waals surface area (Å²) in [6.07, 6.45) is 6.17. The SMILES string of the molecule is C=N/C(=C\C=C(/C)SC)C(C)C. The maximum atomic E-state index is 3.95. The van der Waals surface area contributed by atoms with Gasteiger partial charge in [0.05, 0.1) is 0 Å². The average molecular weight is 183 g/mol. The molecule has 0 aliphatic heterocycles. The molecule has 0 aromatic heterocycles. The Morgan fingerprint density at radius 1 is 1.42 bits per heavy atom. The van der Waals surface area contributed by atoms with Crippen molar-refractivity contribution in [2.45, 2.75) is 20.8 Å². The third-order valence-corrected chi connectivity index (χ3v) is 2.36. The predicted octanol–water partition coefficient (Wildman–Crippen LogP) is 3.49. The first kappa shape index (κ1) is 11.5. The van der Waals surface area contributed by atoms with Crippen molar-refractivity contribution in [3.63, 3.8) is 0 Å². The number of hydrogen-bond acceptors (Lipinski definition) is 2. The van der Waals surface area contributed by atoms with Gasteiger partial charge in [-0.1, -0.05) is 19.9 Å². The third kappa shape index (κ3) is 4.39. The molecule has 0 N–H and O–H groups in total. The molecule has 0 unspecified atom stereocenters. The Bertz CT molecular complexity index is 202. The van der Waals surface area contributed by atoms with E-state index in [1.807, 2.05) is 6.08 Å². The fraction of sp³-hybridized carbons (Fsp3) is 0.500. The van der Waals surface area contributed by atoms with Gasteiger partial charge in [-0.2, -0.15) is 0 Å². The molecule has 0 saturated carbocycles. The van der Waals surface area contributed by atoms with Crippen molar-refractivity contribution < 1.29 is 0 Å². The Labute approximate surface area is 79.7 Å². The summed E-state index contributed by atoms with van der Waals surface area (Å²) in [6.45, 7) is 9.84. The molecule has 1 nitrogen and oxygen atoms in total. The lowest BCUT2D eigenvalue weighted by Gasteiger charge is -2.02. The van der Waals surface area contributed by atoms with Crippen molar-refractivity contribution in [2.75, 3.05) is 6.26 Å². The van der Waals surface area contributed by atoms with E-state index in [1.54, 1.807) is 11.8 Å². The zero-order valence-corrected chi connectivity index (χ0v) is 9.11. The van der Waals surface area contributed by atoms with E-state index in [0.717, 1.165) is 5.70 Å². The van der Waals surface area contributed by atoms with Crippen LogP contribution in [-0.4, -0.2) is 13.0 Å². The van der Waals surface area contributed by atoms with Crippen LogP contribution >= 0.6 is 11.8 Å². The van der Waals surface area contributed by atoms with Gasteiger partial charge in [-0.25, -0.2) is 0 Å². The summed E-state index contributed by atoms with van der Waals surface area (Å²) in [5, 5.41) is 0. The van der Waals surface area contributed by atoms with E-state index < -0.39 is 0 Å². The molecule has 2 heteroatoms. The zero-order valence-electron chi connectivity index (χ0n) is 8.29. The summed E-state index contributed by atoms with van der Waals surface area (Å²) in [5.74, 6) is 0.452. The molecular weight excluding hydrogens is 166 g/mol. The number of allylic oxidation sites excluding steroid dienone is 4. The summed E-state index contributed by atoms with van der Waals surface area (Å²) in [4.78, 5) is 5.24. The first-order valence-electron chi connectivity index (χ1n) is 4.01. The molecule has 0 rings (SSSR count). The van der Waals surface area contributed by atoms with Gasteiger partial charge in [-0.15, -0.1) is 11.8 Å². The zero-order chi connectivity index (χ0) is 9.56. The fourth-order valence-corrected chi connectivity index (χ4v) is 0.903. The molecule has 0 aromatic carbocycles. The molecule has 0 aliphatic rings. The molecule has 0 aromatic rings. The number of rotatable bonds is 4. The van der Waals surface area contributed by atoms with Crippen LogP contribution in [0, 0.1) is 5.92 Å². The van der Waals surface area contributed by atoms with Gasteiger partial charge >= 0.3 is 0 Å². The monoisotopic (exact) mass is 183 g/mol. The fourth-order valence-electron chi connectivity index (χ4n) is 0.699. The summed E-state index contributed by atoms with van der Waals surface area (Å²) >= 11 is 1.74. The lowest BCUT2D eigenvalue weighted by atomic mass is 10.1. The van der Waals surface area contributed by atoms with E-state index in [0.29, 0.717) is 5.92 Å². The van der Waals surface area contributed by atoms with E-state index >= 15 is 0 Å². The molecule has 0 bridgehead atoms. The van der Waals surface area contributed by atoms with Crippen LogP contribution in [0.4, 0.5) is 0 Å². The lowest BCUT2D eigenvalue weighted by molar-refractivity contribution is 0.760. The highest BCUT2D eigenvalue weighted by Gasteiger charge is 1.97. The Balaban J connectivity index is 4.40. The minimum absolute atomic E-state index is 0.452. The Morgan fingerprint density at radius 3 is 2.33 bits per heavy atom. The largest absolute Gasteiger partial charge is 0.269 e. The molecule has 12 heavy (non-hydrogen) atoms. The Morgan fingerprint density at radius 2 is 2.00 bits per heavy atom. The molecule has 0 atom stereocenters. The highest BCUT2D eigenvalue weighted by atomic mass is 32.2. The maximum absolute atomic E-state index is 3.95. The van der Waals surface area contributed by atoms with E-state index in [1.165, 1.54) is 4.91 Å². The minimum Gasteiger partial charge on any atom is -0.269 e. The molecule has 0 heterocycles. The van der Waals surface area contributed by atoms with Crippen LogP contribution in [0.1, 0.15) is 20.8 Å². The van der Waals surface area contributed by atoms with Crippen molar-refractivity contribution in [2.24, 2.45) is 10.9 Å². The summed E-state index contributed by atoms with van der Waals surface area (Å²) in [5.41, 5.74) is 1.04. The summed E-state index contributed by atoms with van der Waals surface area (Å²) in [7, 11) is 0. The summed E-state index contributed by atoms with van der Waals surface area (Å²) < 4.78 is 0. The minimum atomic E-state index is 0.452. The Hall–Kier alpha value is -0.500. The third-order valence-electron chi connectivity index (χ3n) is 1.58. The summed E-state index contributed by atoms with van der Waals surface area (Å²) in [6, 6.07) is 0. The van der Waals surface area contributed by atoms with E-state index in [4.69, 9.17) is 0 Å². The predicted molar refractivity (Wildman–Crippen MR) is 59.7 cm³/mol. The molecule has 0 fully saturated rings. The highest BCUT2D eigenvalue weighted by Crippen LogP contribution is 2.14. The molecule has 0 radical (unpaired) electrons. The van der Waals surface area contributed by atoms with Gasteiger partial charge in [0.2, 0.25) is 0 Å². The van der Waals surface area contributed by atoms with Crippen LogP contribution in [0.15, 0.2) is 27.7 Å². The normalized spacial score (nSPS) is 13.8. The second-order valence-corrected chi connectivity index (χ2v) is 3.94. The van der Waals surface area contributed by atoms with Gasteiger partial charge in [-0.3, -0.25) is 4.99 Å². The van der Waals surface area contributed by atoms with E-state index in [9.17, 15) is 0 Å². The van der Waals surface area contributed by atoms with E-state index in [-0.39, 0.29) is 0 Å². The van der Waals surface area contributed by atoms with Crippen molar-refractivity contribution >= 4 is 18.5 Å². The molecule has 0 saturated heterocycles. The first-order chi connectivity index (χ1) is 5.61. The topological polar surface area (TPSA) is 12.4 Å². The average Bonchev–Trinajstić information content (AvgIpc) is 2.04. The van der Waals surface area contributed by atoms with Crippen LogP contribution < -0.4 is 0 Å². The molecule has 0 spiro atoms. The van der Waals surface area contributed by atoms with Gasteiger partial charge in [0.25, 0.3) is 0 Å². The number of aliphatic imine (C=N–C) groups is 1. The van der Waals surface area contributed by atoms with Crippen LogP contribution in [-0.2, 0) is 0 Å². The number of hydrogen-bond donors (Lipinski definition) is 0. The number of thioether (sulfide) groups is 1. The van der Waals surface area contributed by atoms with E-state index in [2.05, 4.69) is 44.8 Å². The molecular formula is C10H17NS. The number of nitrogens with zero attached hydrogens (tertiary/aromatic N) is 1. The van der Waals surface area contributed by atoms with Gasteiger partial charge in [0, 0.05) is 5.70 Å². The molecule has 68 valence electrons. The first-order valence-corrected chi connectivity index (χ1v) is 5.23. The van der Waals surface area contributed by atoms with Crippen LogP contribution in [0.5, 0.6) is 0 Å². The second kappa shape index (κ2) is 6.06. The quantitative estimate of drug-likeness (QED) is 0.480. The van der Waals surface area contributed by atoms with Crippen LogP contribution in [0.3, 0.4) is 0 Å². The molecule has 0 amide bonds. The van der Waals surface area contributed by atoms with Crippen LogP contribution in [0.2, 0.25) is 0 Å². The second-order valence-electron chi connectivity index (χ2n) is 2.89. The van der Waals surface area contributed by atoms with Gasteiger partial charge in [0.15, 0.2) is 0 Å². The lowest BCUT2D eigenvalue weighted by Crippen LogP contribution is -1.88.